The Hall–Kier alpha value is -2.36. The first-order valence-corrected chi connectivity index (χ1v) is 6.31. The Morgan fingerprint density at radius 2 is 1.40 bits per heavy atom. The van der Waals surface area contributed by atoms with E-state index in [1.54, 1.807) is 21.3 Å². The number of methoxy groups -OCH3 is 3. The van der Waals surface area contributed by atoms with Gasteiger partial charge in [-0.15, -0.1) is 0 Å². The van der Waals surface area contributed by atoms with Crippen LogP contribution in [-0.2, 0) is 0 Å². The predicted molar refractivity (Wildman–Crippen MR) is 80.6 cm³/mol. The molecule has 0 aliphatic carbocycles. The summed E-state index contributed by atoms with van der Waals surface area (Å²) in [5.41, 5.74) is 3.05. The first-order chi connectivity index (χ1) is 9.67. The maximum absolute atomic E-state index is 5.32. The van der Waals surface area contributed by atoms with Gasteiger partial charge in [-0.1, -0.05) is 0 Å². The summed E-state index contributed by atoms with van der Waals surface area (Å²) in [6, 6.07) is 11.6. The van der Waals surface area contributed by atoms with Crippen LogP contribution in [-0.4, -0.2) is 21.3 Å². The van der Waals surface area contributed by atoms with Crippen molar-refractivity contribution in [1.29, 1.82) is 0 Å². The molecule has 0 bridgehead atoms. The zero-order chi connectivity index (χ0) is 14.5. The van der Waals surface area contributed by atoms with Gasteiger partial charge < -0.3 is 19.5 Å². The van der Waals surface area contributed by atoms with Crippen LogP contribution in [0.2, 0.25) is 0 Å². The van der Waals surface area contributed by atoms with Crippen LogP contribution in [0.5, 0.6) is 17.2 Å². The number of ether oxygens (including phenoxy) is 3. The number of hydrogen-bond acceptors (Lipinski definition) is 4. The number of hydrogen-bond donors (Lipinski definition) is 1. The van der Waals surface area contributed by atoms with Gasteiger partial charge in [0.25, 0.3) is 0 Å². The maximum Gasteiger partial charge on any atom is 0.162 e. The minimum absolute atomic E-state index is 0.703. The molecule has 0 fully saturated rings. The van der Waals surface area contributed by atoms with E-state index in [4.69, 9.17) is 14.2 Å². The van der Waals surface area contributed by atoms with E-state index in [2.05, 4.69) is 5.32 Å². The van der Waals surface area contributed by atoms with Crippen molar-refractivity contribution in [2.45, 2.75) is 6.92 Å². The molecule has 0 heterocycles. The molecular formula is C16H19NO3. The molecule has 2 aromatic rings. The van der Waals surface area contributed by atoms with Crippen LogP contribution in [0.3, 0.4) is 0 Å². The number of aryl methyl sites for hydroxylation is 1. The van der Waals surface area contributed by atoms with Gasteiger partial charge in [0, 0.05) is 17.4 Å². The monoisotopic (exact) mass is 273 g/mol. The molecule has 0 aliphatic heterocycles. The minimum atomic E-state index is 0.703. The summed E-state index contributed by atoms with van der Waals surface area (Å²) in [6.45, 7) is 2.02. The molecule has 0 spiro atoms. The lowest BCUT2D eigenvalue weighted by atomic mass is 10.1. The van der Waals surface area contributed by atoms with Crippen LogP contribution in [0, 0.1) is 6.92 Å². The van der Waals surface area contributed by atoms with E-state index in [1.807, 2.05) is 43.3 Å². The third-order valence-corrected chi connectivity index (χ3v) is 3.10. The third-order valence-electron chi connectivity index (χ3n) is 3.10. The maximum atomic E-state index is 5.32. The fraction of sp³-hybridized carbons (Fsp3) is 0.250. The molecule has 0 atom stereocenters. The molecule has 0 amide bonds. The van der Waals surface area contributed by atoms with Crippen molar-refractivity contribution < 1.29 is 14.2 Å². The second kappa shape index (κ2) is 6.19. The van der Waals surface area contributed by atoms with Gasteiger partial charge in [-0.05, 0) is 42.8 Å². The predicted octanol–water partition coefficient (Wildman–Crippen LogP) is 3.76. The van der Waals surface area contributed by atoms with E-state index >= 15 is 0 Å². The third kappa shape index (κ3) is 2.96. The number of nitrogens with one attached hydrogen (secondary N) is 1. The average Bonchev–Trinajstić information content (AvgIpc) is 2.49. The summed E-state index contributed by atoms with van der Waals surface area (Å²) in [7, 11) is 4.92. The summed E-state index contributed by atoms with van der Waals surface area (Å²) in [4.78, 5) is 0. The van der Waals surface area contributed by atoms with Crippen molar-refractivity contribution >= 4 is 11.4 Å². The Morgan fingerprint density at radius 1 is 0.800 bits per heavy atom. The number of benzene rings is 2. The van der Waals surface area contributed by atoms with Gasteiger partial charge in [0.1, 0.15) is 5.75 Å². The average molecular weight is 273 g/mol. The highest BCUT2D eigenvalue weighted by Crippen LogP contribution is 2.34. The Kier molecular flexibility index (Phi) is 4.35. The smallest absolute Gasteiger partial charge is 0.162 e. The van der Waals surface area contributed by atoms with Crippen molar-refractivity contribution in [3.05, 3.63) is 42.0 Å². The van der Waals surface area contributed by atoms with Crippen molar-refractivity contribution in [3.8, 4) is 17.2 Å². The summed E-state index contributed by atoms with van der Waals surface area (Å²) in [5.74, 6) is 2.26. The standard InChI is InChI=1S/C16H19NO3/c1-11-9-15(19-3)16(20-4)10-14(11)17-12-5-7-13(18-2)8-6-12/h5-10,17H,1-4H3. The first kappa shape index (κ1) is 14.1. The van der Waals surface area contributed by atoms with Gasteiger partial charge in [-0.2, -0.15) is 0 Å². The van der Waals surface area contributed by atoms with E-state index in [1.165, 1.54) is 0 Å². The summed E-state index contributed by atoms with van der Waals surface area (Å²) in [5, 5.41) is 3.36. The first-order valence-electron chi connectivity index (χ1n) is 6.31. The highest BCUT2D eigenvalue weighted by molar-refractivity contribution is 5.67. The Morgan fingerprint density at radius 3 is 1.95 bits per heavy atom. The van der Waals surface area contributed by atoms with Gasteiger partial charge in [0.2, 0.25) is 0 Å². The lowest BCUT2D eigenvalue weighted by Crippen LogP contribution is -1.97. The fourth-order valence-electron chi connectivity index (χ4n) is 1.95. The van der Waals surface area contributed by atoms with Crippen molar-refractivity contribution in [3.63, 3.8) is 0 Å². The zero-order valence-corrected chi connectivity index (χ0v) is 12.2. The molecule has 1 N–H and O–H groups in total. The largest absolute Gasteiger partial charge is 0.497 e. The van der Waals surface area contributed by atoms with Crippen molar-refractivity contribution in [1.82, 2.24) is 0 Å². The molecule has 0 saturated heterocycles. The molecule has 106 valence electrons. The van der Waals surface area contributed by atoms with Crippen molar-refractivity contribution in [2.24, 2.45) is 0 Å². The van der Waals surface area contributed by atoms with Crippen LogP contribution in [0.15, 0.2) is 36.4 Å². The van der Waals surface area contributed by atoms with E-state index < -0.39 is 0 Å². The molecule has 0 saturated carbocycles. The van der Waals surface area contributed by atoms with Crippen LogP contribution < -0.4 is 19.5 Å². The van der Waals surface area contributed by atoms with Gasteiger partial charge in [0.15, 0.2) is 11.5 Å². The van der Waals surface area contributed by atoms with Gasteiger partial charge in [0.05, 0.1) is 21.3 Å². The second-order valence-electron chi connectivity index (χ2n) is 4.38. The fourth-order valence-corrected chi connectivity index (χ4v) is 1.95. The molecule has 0 radical (unpaired) electrons. The zero-order valence-electron chi connectivity index (χ0n) is 12.2. The normalized spacial score (nSPS) is 10.0. The molecule has 4 nitrogen and oxygen atoms in total. The Balaban J connectivity index is 2.27. The molecule has 4 heteroatoms. The van der Waals surface area contributed by atoms with Crippen LogP contribution in [0.1, 0.15) is 5.56 Å². The van der Waals surface area contributed by atoms with E-state index in [-0.39, 0.29) is 0 Å². The molecule has 2 rings (SSSR count). The van der Waals surface area contributed by atoms with Crippen LogP contribution in [0.25, 0.3) is 0 Å². The van der Waals surface area contributed by atoms with Crippen molar-refractivity contribution in [2.75, 3.05) is 26.6 Å². The van der Waals surface area contributed by atoms with Crippen LogP contribution >= 0.6 is 0 Å². The minimum Gasteiger partial charge on any atom is -0.497 e. The summed E-state index contributed by atoms with van der Waals surface area (Å²) >= 11 is 0. The molecule has 20 heavy (non-hydrogen) atoms. The molecule has 0 aliphatic rings. The number of anilines is 2. The van der Waals surface area contributed by atoms with Gasteiger partial charge in [-0.3, -0.25) is 0 Å². The summed E-state index contributed by atoms with van der Waals surface area (Å²) < 4.78 is 15.7. The lowest BCUT2D eigenvalue weighted by Gasteiger charge is -2.14. The van der Waals surface area contributed by atoms with E-state index in [0.717, 1.165) is 28.4 Å². The quantitative estimate of drug-likeness (QED) is 0.900. The molecule has 0 aromatic heterocycles. The number of rotatable bonds is 5. The van der Waals surface area contributed by atoms with Gasteiger partial charge in [-0.25, -0.2) is 0 Å². The summed E-state index contributed by atoms with van der Waals surface area (Å²) in [6.07, 6.45) is 0. The Labute approximate surface area is 119 Å². The topological polar surface area (TPSA) is 39.7 Å². The molecule has 2 aromatic carbocycles. The lowest BCUT2D eigenvalue weighted by molar-refractivity contribution is 0.355. The SMILES string of the molecule is COc1ccc(Nc2cc(OC)c(OC)cc2C)cc1. The molecular weight excluding hydrogens is 254 g/mol. The molecule has 0 unspecified atom stereocenters. The second-order valence-corrected chi connectivity index (χ2v) is 4.38. The van der Waals surface area contributed by atoms with Crippen LogP contribution in [0.4, 0.5) is 11.4 Å². The van der Waals surface area contributed by atoms with E-state index in [9.17, 15) is 0 Å². The van der Waals surface area contributed by atoms with E-state index in [0.29, 0.717) is 5.75 Å². The highest BCUT2D eigenvalue weighted by Gasteiger charge is 2.08. The Bertz CT molecular complexity index is 579. The highest BCUT2D eigenvalue weighted by atomic mass is 16.5. The van der Waals surface area contributed by atoms with Gasteiger partial charge >= 0.3 is 0 Å².